The summed E-state index contributed by atoms with van der Waals surface area (Å²) in [4.78, 5) is 33.1. The Morgan fingerprint density at radius 2 is 1.90 bits per heavy atom. The van der Waals surface area contributed by atoms with Crippen LogP contribution >= 0.6 is 0 Å². The number of carbonyl (C=O) groups is 2. The largest absolute Gasteiger partial charge is 0.477 e. The van der Waals surface area contributed by atoms with Gasteiger partial charge in [0.2, 0.25) is 5.88 Å². The number of piperidine rings is 1. The minimum absolute atomic E-state index is 0.125. The van der Waals surface area contributed by atoms with Crippen molar-refractivity contribution in [3.05, 3.63) is 18.1 Å². The highest BCUT2D eigenvalue weighted by molar-refractivity contribution is 5.90. The van der Waals surface area contributed by atoms with Crippen LogP contribution in [0.25, 0.3) is 0 Å². The molecule has 29 heavy (non-hydrogen) atoms. The van der Waals surface area contributed by atoms with E-state index < -0.39 is 5.91 Å². The third-order valence-electron chi connectivity index (χ3n) is 6.70. The number of rotatable bonds is 7. The zero-order valence-electron chi connectivity index (χ0n) is 17.1. The van der Waals surface area contributed by atoms with Crippen LogP contribution in [0.15, 0.2) is 12.4 Å². The van der Waals surface area contributed by atoms with E-state index in [4.69, 9.17) is 15.2 Å². The number of nitrogens with zero attached hydrogens (tertiary/aromatic N) is 3. The normalized spacial score (nSPS) is 22.0. The summed E-state index contributed by atoms with van der Waals surface area (Å²) >= 11 is 0. The molecule has 2 saturated carbocycles. The molecule has 0 aromatic carbocycles. The maximum atomic E-state index is 12.2. The van der Waals surface area contributed by atoms with E-state index in [9.17, 15) is 9.59 Å². The zero-order chi connectivity index (χ0) is 20.5. The van der Waals surface area contributed by atoms with E-state index in [1.165, 1.54) is 25.2 Å². The van der Waals surface area contributed by atoms with Gasteiger partial charge in [0.1, 0.15) is 11.3 Å². The highest BCUT2D eigenvalue weighted by Gasteiger charge is 2.47. The summed E-state index contributed by atoms with van der Waals surface area (Å²) in [6.07, 6.45) is 11.4. The number of ether oxygens (including phenoxy) is 2. The molecule has 4 rings (SSSR count). The average Bonchev–Trinajstić information content (AvgIpc) is 3.41. The Morgan fingerprint density at radius 1 is 1.17 bits per heavy atom. The number of likely N-dealkylation sites (tertiary alicyclic amines) is 1. The molecule has 1 aromatic heterocycles. The number of carbonyl (C=O) groups excluding carboxylic acids is 2. The standard InChI is InChI=1S/C21H30N4O4/c1-20(4-5-20)29-19(27)25-8-6-21(7-9-25)11-15(12-21)3-2-10-28-17-14-23-16(13-24-17)18(22)26/h13-15H,2-12H2,1H3,(H2,22,26). The van der Waals surface area contributed by atoms with Gasteiger partial charge >= 0.3 is 6.09 Å². The Labute approximate surface area is 171 Å². The predicted molar refractivity (Wildman–Crippen MR) is 105 cm³/mol. The van der Waals surface area contributed by atoms with E-state index in [0.717, 1.165) is 57.5 Å². The van der Waals surface area contributed by atoms with Crippen LogP contribution in [0.2, 0.25) is 0 Å². The summed E-state index contributed by atoms with van der Waals surface area (Å²) in [5.74, 6) is 0.563. The van der Waals surface area contributed by atoms with Crippen LogP contribution in [0.5, 0.6) is 5.88 Å². The fourth-order valence-electron chi connectivity index (χ4n) is 4.56. The number of aromatic nitrogens is 2. The molecule has 1 aromatic rings. The van der Waals surface area contributed by atoms with Crippen molar-refractivity contribution in [2.24, 2.45) is 17.1 Å². The molecule has 158 valence electrons. The van der Waals surface area contributed by atoms with Crippen molar-refractivity contribution in [2.75, 3.05) is 19.7 Å². The second-order valence-corrected chi connectivity index (χ2v) is 9.17. The lowest BCUT2D eigenvalue weighted by Crippen LogP contribution is -2.49. The van der Waals surface area contributed by atoms with E-state index in [-0.39, 0.29) is 17.4 Å². The molecule has 1 aliphatic heterocycles. The molecule has 2 amide bonds. The van der Waals surface area contributed by atoms with Crippen molar-refractivity contribution in [2.45, 2.75) is 63.9 Å². The lowest BCUT2D eigenvalue weighted by Gasteiger charge is -2.52. The third-order valence-corrected chi connectivity index (χ3v) is 6.70. The first-order valence-electron chi connectivity index (χ1n) is 10.6. The minimum atomic E-state index is -0.595. The van der Waals surface area contributed by atoms with Gasteiger partial charge in [-0.3, -0.25) is 4.79 Å². The summed E-state index contributed by atoms with van der Waals surface area (Å²) in [5.41, 5.74) is 5.52. The highest BCUT2D eigenvalue weighted by Crippen LogP contribution is 2.54. The van der Waals surface area contributed by atoms with E-state index >= 15 is 0 Å². The number of hydrogen-bond donors (Lipinski definition) is 1. The van der Waals surface area contributed by atoms with Crippen LogP contribution in [0.4, 0.5) is 4.79 Å². The van der Waals surface area contributed by atoms with E-state index in [1.54, 1.807) is 0 Å². The number of hydrogen-bond acceptors (Lipinski definition) is 6. The number of amides is 2. The fraction of sp³-hybridized carbons (Fsp3) is 0.714. The number of primary amides is 1. The van der Waals surface area contributed by atoms with Crippen molar-refractivity contribution in [1.82, 2.24) is 14.9 Å². The Balaban J connectivity index is 1.10. The van der Waals surface area contributed by atoms with E-state index in [1.807, 2.05) is 11.8 Å². The Morgan fingerprint density at radius 3 is 2.48 bits per heavy atom. The summed E-state index contributed by atoms with van der Waals surface area (Å²) in [7, 11) is 0. The summed E-state index contributed by atoms with van der Waals surface area (Å²) in [6.45, 7) is 4.25. The van der Waals surface area contributed by atoms with Crippen molar-refractivity contribution < 1.29 is 19.1 Å². The molecule has 0 atom stereocenters. The lowest BCUT2D eigenvalue weighted by atomic mass is 9.56. The topological polar surface area (TPSA) is 108 Å². The molecular formula is C21H30N4O4. The monoisotopic (exact) mass is 402 g/mol. The van der Waals surface area contributed by atoms with Crippen molar-refractivity contribution in [3.8, 4) is 5.88 Å². The zero-order valence-corrected chi connectivity index (χ0v) is 17.1. The van der Waals surface area contributed by atoms with Crippen LogP contribution in [0.1, 0.15) is 68.8 Å². The van der Waals surface area contributed by atoms with Crippen LogP contribution < -0.4 is 10.5 Å². The molecule has 0 bridgehead atoms. The fourth-order valence-corrected chi connectivity index (χ4v) is 4.56. The number of nitrogens with two attached hydrogens (primary N) is 1. The van der Waals surface area contributed by atoms with Crippen molar-refractivity contribution >= 4 is 12.0 Å². The van der Waals surface area contributed by atoms with E-state index in [2.05, 4.69) is 9.97 Å². The van der Waals surface area contributed by atoms with Gasteiger partial charge in [0.15, 0.2) is 0 Å². The lowest BCUT2D eigenvalue weighted by molar-refractivity contribution is -0.0232. The summed E-state index contributed by atoms with van der Waals surface area (Å²) in [5, 5.41) is 0. The first kappa shape index (κ1) is 19.9. The smallest absolute Gasteiger partial charge is 0.410 e. The SMILES string of the molecule is CC1(OC(=O)N2CCC3(CC2)CC(CCCOc2cnc(C(N)=O)cn2)C3)CC1. The Kier molecular flexibility index (Phi) is 5.36. The highest BCUT2D eigenvalue weighted by atomic mass is 16.6. The van der Waals surface area contributed by atoms with Crippen molar-refractivity contribution in [3.63, 3.8) is 0 Å². The van der Waals surface area contributed by atoms with Gasteiger partial charge in [0.25, 0.3) is 5.91 Å². The van der Waals surface area contributed by atoms with Gasteiger partial charge in [-0.15, -0.1) is 0 Å². The molecule has 0 unspecified atom stereocenters. The van der Waals surface area contributed by atoms with Gasteiger partial charge in [0, 0.05) is 13.1 Å². The third kappa shape index (κ3) is 4.79. The van der Waals surface area contributed by atoms with Gasteiger partial charge in [-0.2, -0.15) is 0 Å². The average molecular weight is 402 g/mol. The Bertz CT molecular complexity index is 746. The molecule has 1 saturated heterocycles. The molecule has 2 N–H and O–H groups in total. The second-order valence-electron chi connectivity index (χ2n) is 9.17. The van der Waals surface area contributed by atoms with Gasteiger partial charge in [-0.1, -0.05) is 0 Å². The molecule has 8 heteroatoms. The first-order chi connectivity index (χ1) is 13.9. The molecule has 1 spiro atoms. The second kappa shape index (κ2) is 7.80. The molecule has 0 radical (unpaired) electrons. The van der Waals surface area contributed by atoms with Gasteiger partial charge < -0.3 is 20.1 Å². The van der Waals surface area contributed by atoms with Gasteiger partial charge in [0.05, 0.1) is 19.0 Å². The maximum absolute atomic E-state index is 12.2. The van der Waals surface area contributed by atoms with E-state index in [0.29, 0.717) is 17.9 Å². The van der Waals surface area contributed by atoms with Gasteiger partial charge in [-0.25, -0.2) is 14.8 Å². The van der Waals surface area contributed by atoms with Crippen LogP contribution in [0, 0.1) is 11.3 Å². The molecule has 8 nitrogen and oxygen atoms in total. The minimum Gasteiger partial charge on any atom is -0.477 e. The quantitative estimate of drug-likeness (QED) is 0.703. The molecule has 2 heterocycles. The van der Waals surface area contributed by atoms with Crippen LogP contribution in [0.3, 0.4) is 0 Å². The molecule has 3 fully saturated rings. The summed E-state index contributed by atoms with van der Waals surface area (Å²) < 4.78 is 11.2. The maximum Gasteiger partial charge on any atom is 0.410 e. The summed E-state index contributed by atoms with van der Waals surface area (Å²) in [6, 6.07) is 0. The molecular weight excluding hydrogens is 372 g/mol. The molecule has 3 aliphatic rings. The molecule has 2 aliphatic carbocycles. The first-order valence-corrected chi connectivity index (χ1v) is 10.6. The van der Waals surface area contributed by atoms with Crippen molar-refractivity contribution in [1.29, 1.82) is 0 Å². The predicted octanol–water partition coefficient (Wildman–Crippen LogP) is 2.92. The van der Waals surface area contributed by atoms with Crippen LogP contribution in [-0.2, 0) is 4.74 Å². The Hall–Kier alpha value is -2.38. The van der Waals surface area contributed by atoms with Crippen LogP contribution in [-0.4, -0.2) is 52.2 Å². The van der Waals surface area contributed by atoms with Gasteiger partial charge in [-0.05, 0) is 69.6 Å².